The van der Waals surface area contributed by atoms with Gasteiger partial charge in [-0.15, -0.1) is 0 Å². The molecule has 0 aromatic heterocycles. The van der Waals surface area contributed by atoms with Gasteiger partial charge in [0, 0.05) is 30.1 Å². The molecule has 3 rings (SSSR count). The van der Waals surface area contributed by atoms with E-state index in [2.05, 4.69) is 10.6 Å². The molecule has 2 N–H and O–H groups in total. The van der Waals surface area contributed by atoms with Crippen LogP contribution in [0.3, 0.4) is 0 Å². The Kier molecular flexibility index (Phi) is 1.65. The molecule has 1 amide bonds. The highest BCUT2D eigenvalue weighted by atomic mass is 16.5. The molecule has 2 heterocycles. The maximum atomic E-state index is 11.5. The van der Waals surface area contributed by atoms with Crippen molar-refractivity contribution < 1.29 is 9.53 Å². The van der Waals surface area contributed by atoms with E-state index in [0.717, 1.165) is 23.7 Å². The van der Waals surface area contributed by atoms with Crippen LogP contribution in [0.25, 0.3) is 0 Å². The van der Waals surface area contributed by atoms with Crippen LogP contribution in [0.5, 0.6) is 5.75 Å². The molecule has 4 nitrogen and oxygen atoms in total. The van der Waals surface area contributed by atoms with Crippen molar-refractivity contribution in [2.24, 2.45) is 0 Å². The number of benzene rings is 1. The molecule has 1 unspecified atom stereocenters. The summed E-state index contributed by atoms with van der Waals surface area (Å²) in [4.78, 5) is 11.5. The van der Waals surface area contributed by atoms with Crippen LogP contribution >= 0.6 is 0 Å². The van der Waals surface area contributed by atoms with Crippen molar-refractivity contribution in [1.82, 2.24) is 0 Å². The van der Waals surface area contributed by atoms with Crippen molar-refractivity contribution in [3.8, 4) is 5.75 Å². The molecule has 15 heavy (non-hydrogen) atoms. The number of carbonyl (C=O) groups is 1. The van der Waals surface area contributed by atoms with Gasteiger partial charge in [0.2, 0.25) is 5.91 Å². The van der Waals surface area contributed by atoms with Crippen LogP contribution in [0, 0.1) is 0 Å². The average molecular weight is 204 g/mol. The number of carbonyl (C=O) groups excluding carboxylic acids is 1. The average Bonchev–Trinajstić information content (AvgIpc) is 2.63. The third-order valence-electron chi connectivity index (χ3n) is 3.07. The molecule has 0 fully saturated rings. The van der Waals surface area contributed by atoms with Gasteiger partial charge in [-0.3, -0.25) is 4.79 Å². The Morgan fingerprint density at radius 3 is 3.13 bits per heavy atom. The van der Waals surface area contributed by atoms with Gasteiger partial charge in [-0.25, -0.2) is 0 Å². The summed E-state index contributed by atoms with van der Waals surface area (Å²) in [7, 11) is 1.62. The molecular weight excluding hydrogens is 192 g/mol. The zero-order valence-electron chi connectivity index (χ0n) is 8.46. The van der Waals surface area contributed by atoms with E-state index in [-0.39, 0.29) is 5.91 Å². The predicted octanol–water partition coefficient (Wildman–Crippen LogP) is 1.55. The number of hydrogen-bond acceptors (Lipinski definition) is 3. The first-order valence-electron chi connectivity index (χ1n) is 5.04. The van der Waals surface area contributed by atoms with Crippen LogP contribution in [-0.2, 0) is 4.79 Å². The summed E-state index contributed by atoms with van der Waals surface area (Å²) >= 11 is 0. The molecular formula is C11H12N2O2. The van der Waals surface area contributed by atoms with Gasteiger partial charge in [0.1, 0.15) is 5.75 Å². The summed E-state index contributed by atoms with van der Waals surface area (Å²) in [6.07, 6.45) is 0.570. The standard InChI is InChI=1S/C11H12N2O2/c1-15-8-3-2-7-10-6(5-12-7)4-9(14)13-11(8)10/h2-3,6,12H,4-5H2,1H3,(H,13,14). The van der Waals surface area contributed by atoms with Crippen molar-refractivity contribution in [2.75, 3.05) is 24.3 Å². The maximum absolute atomic E-state index is 11.5. The first-order valence-corrected chi connectivity index (χ1v) is 5.04. The van der Waals surface area contributed by atoms with Crippen molar-refractivity contribution in [3.63, 3.8) is 0 Å². The zero-order chi connectivity index (χ0) is 10.4. The molecule has 0 aliphatic carbocycles. The van der Waals surface area contributed by atoms with E-state index in [1.807, 2.05) is 12.1 Å². The fourth-order valence-corrected chi connectivity index (χ4v) is 2.40. The fourth-order valence-electron chi connectivity index (χ4n) is 2.40. The summed E-state index contributed by atoms with van der Waals surface area (Å²) in [6, 6.07) is 3.89. The molecule has 0 radical (unpaired) electrons. The summed E-state index contributed by atoms with van der Waals surface area (Å²) in [5.74, 6) is 1.13. The minimum absolute atomic E-state index is 0.0756. The van der Waals surface area contributed by atoms with E-state index in [1.54, 1.807) is 7.11 Å². The second-order valence-electron chi connectivity index (χ2n) is 3.93. The summed E-state index contributed by atoms with van der Waals surface area (Å²) in [5.41, 5.74) is 3.17. The van der Waals surface area contributed by atoms with E-state index >= 15 is 0 Å². The highest BCUT2D eigenvalue weighted by molar-refractivity contribution is 5.99. The van der Waals surface area contributed by atoms with Gasteiger partial charge in [0.05, 0.1) is 12.8 Å². The Hall–Kier alpha value is -1.71. The number of amides is 1. The van der Waals surface area contributed by atoms with Crippen molar-refractivity contribution in [2.45, 2.75) is 12.3 Å². The van der Waals surface area contributed by atoms with Gasteiger partial charge in [0.25, 0.3) is 0 Å². The lowest BCUT2D eigenvalue weighted by Crippen LogP contribution is -2.23. The largest absolute Gasteiger partial charge is 0.495 e. The molecule has 0 saturated heterocycles. The molecule has 1 aromatic carbocycles. The Bertz CT molecular complexity index is 442. The molecule has 4 heteroatoms. The molecule has 1 atom stereocenters. The number of anilines is 2. The van der Waals surface area contributed by atoms with Crippen molar-refractivity contribution in [1.29, 1.82) is 0 Å². The molecule has 78 valence electrons. The third-order valence-corrected chi connectivity index (χ3v) is 3.07. The van der Waals surface area contributed by atoms with Crippen molar-refractivity contribution >= 4 is 17.3 Å². The van der Waals surface area contributed by atoms with Crippen LogP contribution in [-0.4, -0.2) is 19.6 Å². The van der Waals surface area contributed by atoms with Crippen LogP contribution in [0.15, 0.2) is 12.1 Å². The molecule has 1 aromatic rings. The number of ether oxygens (including phenoxy) is 1. The molecule has 2 aliphatic heterocycles. The fraction of sp³-hybridized carbons (Fsp3) is 0.364. The van der Waals surface area contributed by atoms with Gasteiger partial charge in [-0.05, 0) is 12.1 Å². The Morgan fingerprint density at radius 2 is 2.33 bits per heavy atom. The van der Waals surface area contributed by atoms with Gasteiger partial charge in [-0.1, -0.05) is 0 Å². The summed E-state index contributed by atoms with van der Waals surface area (Å²) in [6.45, 7) is 0.850. The third kappa shape index (κ3) is 1.11. The highest BCUT2D eigenvalue weighted by Gasteiger charge is 2.33. The highest BCUT2D eigenvalue weighted by Crippen LogP contribution is 2.46. The monoisotopic (exact) mass is 204 g/mol. The van der Waals surface area contributed by atoms with Gasteiger partial charge in [-0.2, -0.15) is 0 Å². The zero-order valence-corrected chi connectivity index (χ0v) is 8.46. The van der Waals surface area contributed by atoms with E-state index < -0.39 is 0 Å². The number of hydrogen-bond donors (Lipinski definition) is 2. The van der Waals surface area contributed by atoms with Crippen molar-refractivity contribution in [3.05, 3.63) is 17.7 Å². The van der Waals surface area contributed by atoms with E-state index in [0.29, 0.717) is 12.3 Å². The second-order valence-corrected chi connectivity index (χ2v) is 3.93. The minimum atomic E-state index is 0.0756. The Balaban J connectivity index is 2.22. The van der Waals surface area contributed by atoms with E-state index in [9.17, 15) is 4.79 Å². The van der Waals surface area contributed by atoms with Gasteiger partial charge < -0.3 is 15.4 Å². The topological polar surface area (TPSA) is 50.4 Å². The Morgan fingerprint density at radius 1 is 1.47 bits per heavy atom. The van der Waals surface area contributed by atoms with E-state index in [4.69, 9.17) is 4.74 Å². The SMILES string of the molecule is COc1ccc2c3c1NC(=O)CC3CN2. The lowest BCUT2D eigenvalue weighted by atomic mass is 9.92. The molecule has 2 aliphatic rings. The first kappa shape index (κ1) is 8.59. The normalized spacial score (nSPS) is 21.7. The smallest absolute Gasteiger partial charge is 0.225 e. The number of nitrogens with one attached hydrogen (secondary N) is 2. The van der Waals surface area contributed by atoms with Crippen LogP contribution in [0.4, 0.5) is 11.4 Å². The minimum Gasteiger partial charge on any atom is -0.495 e. The summed E-state index contributed by atoms with van der Waals surface area (Å²) in [5, 5.41) is 6.19. The van der Waals surface area contributed by atoms with Crippen LogP contribution in [0.2, 0.25) is 0 Å². The molecule has 0 spiro atoms. The first-order chi connectivity index (χ1) is 7.29. The molecule has 0 saturated carbocycles. The summed E-state index contributed by atoms with van der Waals surface area (Å²) < 4.78 is 5.25. The van der Waals surface area contributed by atoms with Crippen LogP contribution in [0.1, 0.15) is 17.9 Å². The Labute approximate surface area is 87.6 Å². The van der Waals surface area contributed by atoms with Crippen LogP contribution < -0.4 is 15.4 Å². The molecule has 0 bridgehead atoms. The maximum Gasteiger partial charge on any atom is 0.225 e. The quantitative estimate of drug-likeness (QED) is 0.729. The van der Waals surface area contributed by atoms with E-state index in [1.165, 1.54) is 5.56 Å². The number of methoxy groups -OCH3 is 1. The predicted molar refractivity (Wildman–Crippen MR) is 57.5 cm³/mol. The lowest BCUT2D eigenvalue weighted by Gasteiger charge is -2.22. The van der Waals surface area contributed by atoms with Gasteiger partial charge >= 0.3 is 0 Å². The number of rotatable bonds is 1. The lowest BCUT2D eigenvalue weighted by molar-refractivity contribution is -0.116. The van der Waals surface area contributed by atoms with Gasteiger partial charge in [0.15, 0.2) is 0 Å². The second kappa shape index (κ2) is 2.89.